The summed E-state index contributed by atoms with van der Waals surface area (Å²) in [6, 6.07) is 10.6. The highest BCUT2D eigenvalue weighted by atomic mass is 35.5. The summed E-state index contributed by atoms with van der Waals surface area (Å²) in [7, 11) is 0. The monoisotopic (exact) mass is 345 g/mol. The number of hydrogen-bond acceptors (Lipinski definition) is 3. The molecule has 1 aliphatic carbocycles. The lowest BCUT2D eigenvalue weighted by molar-refractivity contribution is -0.0911. The number of fused-ring (bicyclic) bond motifs is 1. The lowest BCUT2D eigenvalue weighted by Crippen LogP contribution is -2.52. The highest BCUT2D eigenvalue weighted by molar-refractivity contribution is 6.30. The number of ether oxygens (including phenoxy) is 1. The first-order valence-electron chi connectivity index (χ1n) is 8.89. The van der Waals surface area contributed by atoms with E-state index in [0.29, 0.717) is 12.1 Å². The van der Waals surface area contributed by atoms with Crippen molar-refractivity contribution in [3.63, 3.8) is 0 Å². The maximum atomic E-state index is 6.70. The first-order chi connectivity index (χ1) is 11.7. The molecule has 2 fully saturated rings. The first-order valence-corrected chi connectivity index (χ1v) is 9.27. The van der Waals surface area contributed by atoms with Crippen molar-refractivity contribution in [3.05, 3.63) is 46.7 Å². The molecule has 0 amide bonds. The number of nitrogens with zero attached hydrogens (tertiary/aromatic N) is 3. The average Bonchev–Trinajstić information content (AvgIpc) is 2.91. The van der Waals surface area contributed by atoms with Crippen LogP contribution in [-0.2, 0) is 11.3 Å². The van der Waals surface area contributed by atoms with Crippen LogP contribution < -0.4 is 0 Å². The van der Waals surface area contributed by atoms with Gasteiger partial charge in [-0.25, -0.2) is 4.68 Å². The summed E-state index contributed by atoms with van der Waals surface area (Å²) in [5.74, 6) is 0. The van der Waals surface area contributed by atoms with E-state index in [2.05, 4.69) is 16.9 Å². The molecule has 2 aliphatic rings. The highest BCUT2D eigenvalue weighted by Crippen LogP contribution is 2.32. The minimum atomic E-state index is 0.399. The number of rotatable bonds is 3. The van der Waals surface area contributed by atoms with Crippen LogP contribution in [0.5, 0.6) is 0 Å². The number of hydrogen-bond donors (Lipinski definition) is 0. The zero-order valence-electron chi connectivity index (χ0n) is 14.1. The third kappa shape index (κ3) is 2.99. The predicted molar refractivity (Wildman–Crippen MR) is 95.7 cm³/mol. The zero-order valence-corrected chi connectivity index (χ0v) is 14.9. The Morgan fingerprint density at radius 3 is 2.83 bits per heavy atom. The summed E-state index contributed by atoms with van der Waals surface area (Å²) in [6.07, 6.45) is 5.42. The summed E-state index contributed by atoms with van der Waals surface area (Å²) in [6.45, 7) is 4.72. The van der Waals surface area contributed by atoms with Gasteiger partial charge in [-0.3, -0.25) is 4.90 Å². The second-order valence-electron chi connectivity index (χ2n) is 6.83. The molecule has 0 bridgehead atoms. The van der Waals surface area contributed by atoms with Crippen molar-refractivity contribution in [2.75, 3.05) is 13.2 Å². The smallest absolute Gasteiger partial charge is 0.137 e. The van der Waals surface area contributed by atoms with E-state index < -0.39 is 0 Å². The van der Waals surface area contributed by atoms with Gasteiger partial charge in [-0.15, -0.1) is 0 Å². The van der Waals surface area contributed by atoms with Crippen LogP contribution in [-0.4, -0.2) is 40.0 Å². The fraction of sp³-hybridized carbons (Fsp3) is 0.526. The molecule has 2 heterocycles. The Morgan fingerprint density at radius 1 is 1.21 bits per heavy atom. The number of aryl methyl sites for hydroxylation is 1. The Bertz CT molecular complexity index is 698. The van der Waals surface area contributed by atoms with Gasteiger partial charge in [0, 0.05) is 24.7 Å². The van der Waals surface area contributed by atoms with Crippen LogP contribution in [0.1, 0.15) is 36.9 Å². The predicted octanol–water partition coefficient (Wildman–Crippen LogP) is 3.98. The summed E-state index contributed by atoms with van der Waals surface area (Å²) < 4.78 is 7.84. The quantitative estimate of drug-likeness (QED) is 0.843. The van der Waals surface area contributed by atoms with Crippen molar-refractivity contribution in [1.29, 1.82) is 0 Å². The van der Waals surface area contributed by atoms with E-state index in [4.69, 9.17) is 16.3 Å². The topological polar surface area (TPSA) is 30.3 Å². The molecular weight excluding hydrogens is 322 g/mol. The third-order valence-electron chi connectivity index (χ3n) is 5.33. The van der Waals surface area contributed by atoms with E-state index in [9.17, 15) is 0 Å². The van der Waals surface area contributed by atoms with Crippen molar-refractivity contribution >= 4 is 11.6 Å². The summed E-state index contributed by atoms with van der Waals surface area (Å²) in [5, 5.41) is 5.41. The molecule has 1 saturated carbocycles. The van der Waals surface area contributed by atoms with Crippen LogP contribution in [0.3, 0.4) is 0 Å². The summed E-state index contributed by atoms with van der Waals surface area (Å²) in [5.41, 5.74) is 3.17. The Balaban J connectivity index is 1.59. The largest absolute Gasteiger partial charge is 0.375 e. The average molecular weight is 346 g/mol. The third-order valence-corrected chi connectivity index (χ3v) is 5.72. The van der Waals surface area contributed by atoms with Gasteiger partial charge in [0.25, 0.3) is 0 Å². The normalized spacial score (nSPS) is 24.8. The minimum absolute atomic E-state index is 0.399. The van der Waals surface area contributed by atoms with Crippen molar-refractivity contribution in [3.8, 4) is 5.69 Å². The first kappa shape index (κ1) is 16.1. The van der Waals surface area contributed by atoms with Gasteiger partial charge < -0.3 is 4.74 Å². The second-order valence-corrected chi connectivity index (χ2v) is 7.19. The molecule has 4 rings (SSSR count). The zero-order chi connectivity index (χ0) is 16.5. The lowest BCUT2D eigenvalue weighted by atomic mass is 9.90. The van der Waals surface area contributed by atoms with E-state index in [1.54, 1.807) is 0 Å². The Hall–Kier alpha value is -1.36. The molecule has 4 nitrogen and oxygen atoms in total. The number of para-hydroxylation sites is 1. The molecule has 5 heteroatoms. The SMILES string of the molecule is Cc1nn(-c2ccccc2)c(Cl)c1CN1CCO[C@@H]2CCCC[C@H]21. The van der Waals surface area contributed by atoms with E-state index >= 15 is 0 Å². The van der Waals surface area contributed by atoms with Gasteiger partial charge in [-0.2, -0.15) is 5.10 Å². The van der Waals surface area contributed by atoms with Gasteiger partial charge in [-0.1, -0.05) is 42.6 Å². The van der Waals surface area contributed by atoms with Crippen LogP contribution in [0.2, 0.25) is 5.15 Å². The fourth-order valence-electron chi connectivity index (χ4n) is 4.03. The molecule has 1 aromatic heterocycles. The number of aromatic nitrogens is 2. The van der Waals surface area contributed by atoms with Gasteiger partial charge in [0.2, 0.25) is 0 Å². The molecule has 0 N–H and O–H groups in total. The number of benzene rings is 1. The summed E-state index contributed by atoms with van der Waals surface area (Å²) in [4.78, 5) is 2.55. The molecule has 128 valence electrons. The standard InChI is InChI=1S/C19H24ClN3O/c1-14-16(19(20)23(21-14)15-7-3-2-4-8-15)13-22-11-12-24-18-10-6-5-9-17(18)22/h2-4,7-8,17-18H,5-6,9-13H2,1H3/t17-,18-/m1/s1. The molecule has 0 spiro atoms. The number of morpholine rings is 1. The van der Waals surface area contributed by atoms with Gasteiger partial charge in [0.1, 0.15) is 5.15 Å². The van der Waals surface area contributed by atoms with Gasteiger partial charge in [0.05, 0.1) is 24.1 Å². The van der Waals surface area contributed by atoms with Gasteiger partial charge in [-0.05, 0) is 31.9 Å². The van der Waals surface area contributed by atoms with Crippen molar-refractivity contribution in [2.24, 2.45) is 0 Å². The molecule has 24 heavy (non-hydrogen) atoms. The maximum absolute atomic E-state index is 6.70. The van der Waals surface area contributed by atoms with Crippen LogP contribution >= 0.6 is 11.6 Å². The van der Waals surface area contributed by atoms with Gasteiger partial charge in [0.15, 0.2) is 0 Å². The number of halogens is 1. The Labute approximate surface area is 148 Å². The van der Waals surface area contributed by atoms with Crippen LogP contribution in [0.4, 0.5) is 0 Å². The van der Waals surface area contributed by atoms with Crippen LogP contribution in [0.25, 0.3) is 5.69 Å². The Morgan fingerprint density at radius 2 is 2.00 bits per heavy atom. The van der Waals surface area contributed by atoms with Crippen molar-refractivity contribution in [1.82, 2.24) is 14.7 Å². The molecular formula is C19H24ClN3O. The van der Waals surface area contributed by atoms with Crippen molar-refractivity contribution < 1.29 is 4.74 Å². The van der Waals surface area contributed by atoms with Crippen molar-refractivity contribution in [2.45, 2.75) is 51.3 Å². The molecule has 1 aromatic carbocycles. The van der Waals surface area contributed by atoms with Crippen LogP contribution in [0.15, 0.2) is 30.3 Å². The van der Waals surface area contributed by atoms with E-state index in [0.717, 1.165) is 41.8 Å². The van der Waals surface area contributed by atoms with E-state index in [1.807, 2.05) is 35.0 Å². The maximum Gasteiger partial charge on any atom is 0.137 e. The molecule has 0 unspecified atom stereocenters. The Kier molecular flexibility index (Phi) is 4.61. The molecule has 2 aromatic rings. The van der Waals surface area contributed by atoms with Crippen LogP contribution in [0, 0.1) is 6.92 Å². The summed E-state index contributed by atoms with van der Waals surface area (Å²) >= 11 is 6.70. The minimum Gasteiger partial charge on any atom is -0.375 e. The molecule has 2 atom stereocenters. The van der Waals surface area contributed by atoms with Gasteiger partial charge >= 0.3 is 0 Å². The highest BCUT2D eigenvalue weighted by Gasteiger charge is 2.34. The van der Waals surface area contributed by atoms with E-state index in [1.165, 1.54) is 25.7 Å². The molecule has 1 saturated heterocycles. The fourth-order valence-corrected chi connectivity index (χ4v) is 4.36. The van der Waals surface area contributed by atoms with E-state index in [-0.39, 0.29) is 0 Å². The molecule has 0 radical (unpaired) electrons. The second kappa shape index (κ2) is 6.87. The lowest BCUT2D eigenvalue weighted by Gasteiger charge is -2.43. The molecule has 1 aliphatic heterocycles.